The van der Waals surface area contributed by atoms with Gasteiger partial charge in [0.05, 0.1) is 6.04 Å². The van der Waals surface area contributed by atoms with E-state index in [-0.39, 0.29) is 18.0 Å². The third-order valence-electron chi connectivity index (χ3n) is 4.83. The zero-order valence-corrected chi connectivity index (χ0v) is 11.9. The summed E-state index contributed by atoms with van der Waals surface area (Å²) in [5.74, 6) is 0.991. The Bertz CT molecular complexity index is 511. The maximum absolute atomic E-state index is 12.4. The average Bonchev–Trinajstić information content (AvgIpc) is 2.48. The molecule has 0 bridgehead atoms. The summed E-state index contributed by atoms with van der Waals surface area (Å²) in [5, 5.41) is 0. The highest BCUT2D eigenvalue weighted by Crippen LogP contribution is 2.38. The van der Waals surface area contributed by atoms with Gasteiger partial charge in [-0.2, -0.15) is 0 Å². The lowest BCUT2D eigenvalue weighted by molar-refractivity contribution is -0.146. The number of benzene rings is 1. The minimum atomic E-state index is 0.102. The van der Waals surface area contributed by atoms with Gasteiger partial charge < -0.3 is 4.90 Å². The number of hydrogen-bond acceptors (Lipinski definition) is 2. The highest BCUT2D eigenvalue weighted by molar-refractivity contribution is 5.82. The summed E-state index contributed by atoms with van der Waals surface area (Å²) in [5.41, 5.74) is 1.18. The molecule has 20 heavy (non-hydrogen) atoms. The van der Waals surface area contributed by atoms with E-state index in [1.165, 1.54) is 5.56 Å². The Hall–Kier alpha value is -1.64. The van der Waals surface area contributed by atoms with Gasteiger partial charge in [-0.05, 0) is 31.2 Å². The van der Waals surface area contributed by atoms with E-state index < -0.39 is 0 Å². The van der Waals surface area contributed by atoms with Gasteiger partial charge in [0.15, 0.2) is 0 Å². The number of Topliss-reactive ketones (excluding diaryl/α,β-unsaturated/α-hetero) is 1. The molecule has 3 rings (SSSR count). The van der Waals surface area contributed by atoms with E-state index in [1.54, 1.807) is 0 Å². The molecule has 0 aromatic heterocycles. The van der Waals surface area contributed by atoms with Gasteiger partial charge >= 0.3 is 0 Å². The quantitative estimate of drug-likeness (QED) is 0.829. The zero-order valence-electron chi connectivity index (χ0n) is 11.9. The van der Waals surface area contributed by atoms with E-state index in [2.05, 4.69) is 24.0 Å². The molecule has 1 heterocycles. The molecular formula is C17H21NO2. The highest BCUT2D eigenvalue weighted by Gasteiger charge is 2.41. The third-order valence-corrected chi connectivity index (χ3v) is 4.83. The monoisotopic (exact) mass is 271 g/mol. The number of fused-ring (bicyclic) bond motifs is 1. The van der Waals surface area contributed by atoms with Crippen LogP contribution in [0.25, 0.3) is 0 Å². The Morgan fingerprint density at radius 3 is 2.60 bits per heavy atom. The predicted octanol–water partition coefficient (Wildman–Crippen LogP) is 3.11. The molecule has 0 radical (unpaired) electrons. The van der Waals surface area contributed by atoms with Crippen molar-refractivity contribution < 1.29 is 9.59 Å². The van der Waals surface area contributed by atoms with Crippen molar-refractivity contribution in [1.29, 1.82) is 0 Å². The number of ketones is 1. The van der Waals surface area contributed by atoms with Gasteiger partial charge in [-0.1, -0.05) is 30.3 Å². The van der Waals surface area contributed by atoms with E-state index in [0.717, 1.165) is 12.8 Å². The average molecular weight is 271 g/mol. The topological polar surface area (TPSA) is 37.4 Å². The summed E-state index contributed by atoms with van der Waals surface area (Å²) in [7, 11) is 0. The SMILES string of the molecule is C[C@H](c1ccccc1)N1C(=O)CCC2CC(=O)CC[C@H]21. The summed E-state index contributed by atoms with van der Waals surface area (Å²) < 4.78 is 0. The van der Waals surface area contributed by atoms with Crippen LogP contribution in [0.15, 0.2) is 30.3 Å². The van der Waals surface area contributed by atoms with Gasteiger partial charge in [-0.25, -0.2) is 0 Å². The number of hydrogen-bond donors (Lipinski definition) is 0. The van der Waals surface area contributed by atoms with Crippen LogP contribution >= 0.6 is 0 Å². The largest absolute Gasteiger partial charge is 0.333 e. The van der Waals surface area contributed by atoms with Gasteiger partial charge in [0, 0.05) is 25.3 Å². The fraction of sp³-hybridized carbons (Fsp3) is 0.529. The Labute approximate surface area is 120 Å². The molecule has 0 spiro atoms. The van der Waals surface area contributed by atoms with Crippen molar-refractivity contribution in [3.05, 3.63) is 35.9 Å². The first kappa shape index (κ1) is 13.3. The number of rotatable bonds is 2. The van der Waals surface area contributed by atoms with E-state index in [9.17, 15) is 9.59 Å². The number of carbonyl (C=O) groups is 2. The maximum Gasteiger partial charge on any atom is 0.223 e. The van der Waals surface area contributed by atoms with E-state index in [0.29, 0.717) is 31.0 Å². The Morgan fingerprint density at radius 1 is 1.10 bits per heavy atom. The summed E-state index contributed by atoms with van der Waals surface area (Å²) in [6.45, 7) is 2.10. The molecule has 3 atom stereocenters. The molecule has 3 nitrogen and oxygen atoms in total. The minimum Gasteiger partial charge on any atom is -0.333 e. The first-order valence-electron chi connectivity index (χ1n) is 7.54. The van der Waals surface area contributed by atoms with E-state index >= 15 is 0 Å². The molecule has 2 fully saturated rings. The first-order chi connectivity index (χ1) is 9.66. The molecule has 1 aromatic carbocycles. The van der Waals surface area contributed by atoms with Crippen molar-refractivity contribution in [1.82, 2.24) is 4.90 Å². The molecule has 0 N–H and O–H groups in total. The number of likely N-dealkylation sites (tertiary alicyclic amines) is 1. The minimum absolute atomic E-state index is 0.102. The molecule has 1 saturated heterocycles. The maximum atomic E-state index is 12.4. The lowest BCUT2D eigenvalue weighted by Crippen LogP contribution is -2.51. The fourth-order valence-electron chi connectivity index (χ4n) is 3.75. The van der Waals surface area contributed by atoms with Crippen LogP contribution in [0.5, 0.6) is 0 Å². The fourth-order valence-corrected chi connectivity index (χ4v) is 3.75. The second-order valence-electron chi connectivity index (χ2n) is 6.04. The summed E-state index contributed by atoms with van der Waals surface area (Å²) in [6.07, 6.45) is 3.60. The number of nitrogens with zero attached hydrogens (tertiary/aromatic N) is 1. The van der Waals surface area contributed by atoms with Crippen LogP contribution in [0.3, 0.4) is 0 Å². The van der Waals surface area contributed by atoms with Crippen molar-refractivity contribution in [3.8, 4) is 0 Å². The van der Waals surface area contributed by atoms with Gasteiger partial charge in [-0.15, -0.1) is 0 Å². The number of amides is 1. The molecule has 106 valence electrons. The molecule has 1 unspecified atom stereocenters. The van der Waals surface area contributed by atoms with Crippen molar-refractivity contribution in [2.45, 2.75) is 51.1 Å². The molecular weight excluding hydrogens is 250 g/mol. The Balaban J connectivity index is 1.86. The number of carbonyl (C=O) groups excluding carboxylic acids is 2. The van der Waals surface area contributed by atoms with Crippen molar-refractivity contribution in [3.63, 3.8) is 0 Å². The standard InChI is InChI=1S/C17H21NO2/c1-12(13-5-3-2-4-6-13)18-16-9-8-15(19)11-14(16)7-10-17(18)20/h2-6,12,14,16H,7-11H2,1H3/t12-,14?,16-/m1/s1. The molecule has 1 aliphatic carbocycles. The van der Waals surface area contributed by atoms with E-state index in [1.807, 2.05) is 18.2 Å². The zero-order chi connectivity index (χ0) is 14.1. The molecule has 3 heteroatoms. The summed E-state index contributed by atoms with van der Waals surface area (Å²) in [6, 6.07) is 10.5. The molecule has 2 aliphatic rings. The van der Waals surface area contributed by atoms with Crippen LogP contribution in [-0.4, -0.2) is 22.6 Å². The van der Waals surface area contributed by atoms with Crippen molar-refractivity contribution >= 4 is 11.7 Å². The van der Waals surface area contributed by atoms with Crippen LogP contribution in [-0.2, 0) is 9.59 Å². The smallest absolute Gasteiger partial charge is 0.223 e. The van der Waals surface area contributed by atoms with Gasteiger partial charge in [0.25, 0.3) is 0 Å². The molecule has 1 aromatic rings. The van der Waals surface area contributed by atoms with Crippen LogP contribution < -0.4 is 0 Å². The second kappa shape index (κ2) is 5.39. The Kier molecular flexibility index (Phi) is 3.60. The molecule has 1 aliphatic heterocycles. The van der Waals surface area contributed by atoms with Crippen LogP contribution in [0.4, 0.5) is 0 Å². The molecule has 1 saturated carbocycles. The van der Waals surface area contributed by atoms with Crippen LogP contribution in [0, 0.1) is 5.92 Å². The van der Waals surface area contributed by atoms with E-state index in [4.69, 9.17) is 0 Å². The lowest BCUT2D eigenvalue weighted by atomic mass is 9.76. The molecule has 1 amide bonds. The summed E-state index contributed by atoms with van der Waals surface area (Å²) in [4.78, 5) is 26.1. The van der Waals surface area contributed by atoms with Crippen molar-refractivity contribution in [2.24, 2.45) is 5.92 Å². The summed E-state index contributed by atoms with van der Waals surface area (Å²) >= 11 is 0. The first-order valence-corrected chi connectivity index (χ1v) is 7.54. The lowest BCUT2D eigenvalue weighted by Gasteiger charge is -2.46. The van der Waals surface area contributed by atoms with Gasteiger partial charge in [-0.3, -0.25) is 9.59 Å². The predicted molar refractivity (Wildman–Crippen MR) is 77.1 cm³/mol. The Morgan fingerprint density at radius 2 is 1.85 bits per heavy atom. The van der Waals surface area contributed by atoms with Crippen LogP contribution in [0.2, 0.25) is 0 Å². The van der Waals surface area contributed by atoms with Gasteiger partial charge in [0.2, 0.25) is 5.91 Å². The van der Waals surface area contributed by atoms with Crippen LogP contribution in [0.1, 0.15) is 50.6 Å². The normalized spacial score (nSPS) is 28.1. The van der Waals surface area contributed by atoms with Crippen molar-refractivity contribution in [2.75, 3.05) is 0 Å². The number of piperidine rings is 1. The van der Waals surface area contributed by atoms with Gasteiger partial charge in [0.1, 0.15) is 5.78 Å². The second-order valence-corrected chi connectivity index (χ2v) is 6.04. The highest BCUT2D eigenvalue weighted by atomic mass is 16.2. The third kappa shape index (κ3) is 2.37.